The molecule has 0 radical (unpaired) electrons. The summed E-state index contributed by atoms with van der Waals surface area (Å²) in [5.74, 6) is -3.60. The fourth-order valence-corrected chi connectivity index (χ4v) is 1.49. The van der Waals surface area contributed by atoms with Crippen molar-refractivity contribution in [2.24, 2.45) is 0 Å². The van der Waals surface area contributed by atoms with Crippen LogP contribution in [0.5, 0.6) is 0 Å². The van der Waals surface area contributed by atoms with Gasteiger partial charge in [0.2, 0.25) is 0 Å². The average Bonchev–Trinajstić information content (AvgIpc) is 2.17. The van der Waals surface area contributed by atoms with Crippen molar-refractivity contribution in [3.05, 3.63) is 0 Å². The highest BCUT2D eigenvalue weighted by molar-refractivity contribution is 5.89. The number of likely N-dealkylation sites (tertiary alicyclic amines) is 1. The number of piperidine rings is 1. The van der Waals surface area contributed by atoms with Gasteiger partial charge in [0.15, 0.2) is 0 Å². The van der Waals surface area contributed by atoms with Crippen LogP contribution in [0.1, 0.15) is 19.3 Å². The number of carbonyl (C=O) groups is 2. The SMILES string of the molecule is O=C(CN1CCCCC1)OC(=O)C(F)(F)F. The van der Waals surface area contributed by atoms with Crippen LogP contribution in [0.2, 0.25) is 0 Å². The number of carbonyl (C=O) groups excluding carboxylic acids is 2. The second kappa shape index (κ2) is 5.29. The van der Waals surface area contributed by atoms with Gasteiger partial charge < -0.3 is 4.74 Å². The van der Waals surface area contributed by atoms with Gasteiger partial charge in [0, 0.05) is 0 Å². The zero-order chi connectivity index (χ0) is 12.2. The number of hydrogen-bond donors (Lipinski definition) is 0. The first-order valence-corrected chi connectivity index (χ1v) is 4.94. The van der Waals surface area contributed by atoms with Crippen molar-refractivity contribution in [2.45, 2.75) is 25.4 Å². The lowest BCUT2D eigenvalue weighted by atomic mass is 10.1. The molecule has 0 N–H and O–H groups in total. The number of hydrogen-bond acceptors (Lipinski definition) is 4. The predicted molar refractivity (Wildman–Crippen MR) is 47.4 cm³/mol. The van der Waals surface area contributed by atoms with Gasteiger partial charge in [-0.1, -0.05) is 6.42 Å². The third-order valence-electron chi connectivity index (χ3n) is 2.24. The maximum atomic E-state index is 11.7. The van der Waals surface area contributed by atoms with Crippen molar-refractivity contribution in [2.75, 3.05) is 19.6 Å². The summed E-state index contributed by atoms with van der Waals surface area (Å²) in [5.41, 5.74) is 0. The molecule has 16 heavy (non-hydrogen) atoms. The summed E-state index contributed by atoms with van der Waals surface area (Å²) in [6.07, 6.45) is -2.26. The molecule has 1 heterocycles. The summed E-state index contributed by atoms with van der Waals surface area (Å²) in [6.45, 7) is 1.03. The maximum Gasteiger partial charge on any atom is 0.491 e. The molecule has 4 nitrogen and oxygen atoms in total. The van der Waals surface area contributed by atoms with E-state index in [2.05, 4.69) is 4.74 Å². The molecule has 0 aromatic heterocycles. The van der Waals surface area contributed by atoms with Gasteiger partial charge in [0.05, 0.1) is 6.54 Å². The molecule has 0 unspecified atom stereocenters. The maximum absolute atomic E-state index is 11.7. The third-order valence-corrected chi connectivity index (χ3v) is 2.24. The van der Waals surface area contributed by atoms with Crippen LogP contribution in [-0.4, -0.2) is 42.6 Å². The Morgan fingerprint density at radius 1 is 1.12 bits per heavy atom. The molecule has 1 rings (SSSR count). The molecule has 0 aromatic carbocycles. The number of rotatable bonds is 2. The molecule has 1 aliphatic heterocycles. The van der Waals surface area contributed by atoms with Crippen molar-refractivity contribution in [1.29, 1.82) is 0 Å². The van der Waals surface area contributed by atoms with E-state index in [-0.39, 0.29) is 6.54 Å². The van der Waals surface area contributed by atoms with Crippen LogP contribution in [0.3, 0.4) is 0 Å². The van der Waals surface area contributed by atoms with Gasteiger partial charge in [-0.05, 0) is 25.9 Å². The fourth-order valence-electron chi connectivity index (χ4n) is 1.49. The predicted octanol–water partition coefficient (Wildman–Crippen LogP) is 1.10. The van der Waals surface area contributed by atoms with Gasteiger partial charge >= 0.3 is 18.1 Å². The Labute approximate surface area is 90.3 Å². The minimum absolute atomic E-state index is 0.262. The van der Waals surface area contributed by atoms with E-state index < -0.39 is 18.1 Å². The molecular formula is C9H12F3NO3. The zero-order valence-corrected chi connectivity index (χ0v) is 8.55. The normalized spacial score (nSPS) is 18.2. The second-order valence-corrected chi connectivity index (χ2v) is 3.60. The Hall–Kier alpha value is -1.11. The van der Waals surface area contributed by atoms with E-state index in [1.54, 1.807) is 4.90 Å². The fraction of sp³-hybridized carbons (Fsp3) is 0.778. The minimum Gasteiger partial charge on any atom is -0.385 e. The van der Waals surface area contributed by atoms with Crippen molar-refractivity contribution < 1.29 is 27.5 Å². The molecular weight excluding hydrogens is 227 g/mol. The molecule has 0 bridgehead atoms. The molecule has 0 spiro atoms. The molecule has 0 amide bonds. The average molecular weight is 239 g/mol. The van der Waals surface area contributed by atoms with E-state index in [0.717, 1.165) is 19.3 Å². The molecule has 1 aliphatic rings. The van der Waals surface area contributed by atoms with Gasteiger partial charge in [0.1, 0.15) is 0 Å². The van der Waals surface area contributed by atoms with Crippen molar-refractivity contribution in [3.63, 3.8) is 0 Å². The Kier molecular flexibility index (Phi) is 4.28. The Bertz CT molecular complexity index is 272. The topological polar surface area (TPSA) is 46.6 Å². The lowest BCUT2D eigenvalue weighted by molar-refractivity contribution is -0.202. The van der Waals surface area contributed by atoms with E-state index >= 15 is 0 Å². The van der Waals surface area contributed by atoms with E-state index in [9.17, 15) is 22.8 Å². The van der Waals surface area contributed by atoms with Gasteiger partial charge in [-0.2, -0.15) is 13.2 Å². The number of esters is 2. The summed E-state index contributed by atoms with van der Waals surface area (Å²) in [7, 11) is 0. The second-order valence-electron chi connectivity index (χ2n) is 3.60. The first-order chi connectivity index (χ1) is 7.39. The molecule has 1 saturated heterocycles. The molecule has 7 heteroatoms. The van der Waals surface area contributed by atoms with Gasteiger partial charge in [-0.15, -0.1) is 0 Å². The summed E-state index contributed by atoms with van der Waals surface area (Å²) >= 11 is 0. The highest BCUT2D eigenvalue weighted by Crippen LogP contribution is 2.16. The number of halogens is 3. The summed E-state index contributed by atoms with van der Waals surface area (Å²) in [5, 5.41) is 0. The van der Waals surface area contributed by atoms with E-state index in [1.807, 2.05) is 0 Å². The lowest BCUT2D eigenvalue weighted by Crippen LogP contribution is -2.37. The van der Waals surface area contributed by atoms with Crippen LogP contribution in [-0.2, 0) is 14.3 Å². The van der Waals surface area contributed by atoms with Crippen LogP contribution >= 0.6 is 0 Å². The van der Waals surface area contributed by atoms with Crippen LogP contribution < -0.4 is 0 Å². The van der Waals surface area contributed by atoms with Crippen molar-refractivity contribution >= 4 is 11.9 Å². The Balaban J connectivity index is 2.32. The van der Waals surface area contributed by atoms with E-state index in [0.29, 0.717) is 13.1 Å². The van der Waals surface area contributed by atoms with Crippen molar-refractivity contribution in [3.8, 4) is 0 Å². The van der Waals surface area contributed by atoms with Crippen LogP contribution in [0.15, 0.2) is 0 Å². The first kappa shape index (κ1) is 13.0. The lowest BCUT2D eigenvalue weighted by Gasteiger charge is -2.24. The molecule has 0 aliphatic carbocycles. The van der Waals surface area contributed by atoms with Gasteiger partial charge in [-0.25, -0.2) is 4.79 Å². The van der Waals surface area contributed by atoms with E-state index in [4.69, 9.17) is 0 Å². The molecule has 0 aromatic rings. The summed E-state index contributed by atoms with van der Waals surface area (Å²) < 4.78 is 38.9. The smallest absolute Gasteiger partial charge is 0.385 e. The summed E-state index contributed by atoms with van der Waals surface area (Å²) in [6, 6.07) is 0. The quantitative estimate of drug-likeness (QED) is 0.535. The van der Waals surface area contributed by atoms with Gasteiger partial charge in [0.25, 0.3) is 0 Å². The van der Waals surface area contributed by atoms with Gasteiger partial charge in [-0.3, -0.25) is 9.69 Å². The highest BCUT2D eigenvalue weighted by atomic mass is 19.4. The largest absolute Gasteiger partial charge is 0.491 e. The zero-order valence-electron chi connectivity index (χ0n) is 8.55. The Morgan fingerprint density at radius 3 is 2.19 bits per heavy atom. The van der Waals surface area contributed by atoms with Crippen LogP contribution in [0.25, 0.3) is 0 Å². The standard InChI is InChI=1S/C9H12F3NO3/c10-9(11,12)8(15)16-7(14)6-13-4-2-1-3-5-13/h1-6H2. The first-order valence-electron chi connectivity index (χ1n) is 4.94. The number of nitrogens with zero attached hydrogens (tertiary/aromatic N) is 1. The number of alkyl halides is 3. The number of ether oxygens (including phenoxy) is 1. The molecule has 0 atom stereocenters. The molecule has 92 valence electrons. The third kappa shape index (κ3) is 4.18. The summed E-state index contributed by atoms with van der Waals surface area (Å²) in [4.78, 5) is 23.0. The highest BCUT2D eigenvalue weighted by Gasteiger charge is 2.42. The van der Waals surface area contributed by atoms with Crippen LogP contribution in [0, 0.1) is 0 Å². The van der Waals surface area contributed by atoms with Crippen molar-refractivity contribution in [1.82, 2.24) is 4.90 Å². The monoisotopic (exact) mass is 239 g/mol. The molecule has 0 saturated carbocycles. The molecule has 1 fully saturated rings. The minimum atomic E-state index is -5.11. The van der Waals surface area contributed by atoms with Crippen LogP contribution in [0.4, 0.5) is 13.2 Å². The Morgan fingerprint density at radius 2 is 1.69 bits per heavy atom. The van der Waals surface area contributed by atoms with E-state index in [1.165, 1.54) is 0 Å².